The summed E-state index contributed by atoms with van der Waals surface area (Å²) in [5.41, 5.74) is 1.68. The highest BCUT2D eigenvalue weighted by atomic mass is 32.2. The molecule has 2 N–H and O–H groups in total. The van der Waals surface area contributed by atoms with E-state index in [0.717, 1.165) is 11.3 Å². The number of nitrogens with zero attached hydrogens (tertiary/aromatic N) is 3. The number of nitrogens with one attached hydrogen (secondary N) is 2. The zero-order valence-electron chi connectivity index (χ0n) is 12.4. The standard InChI is InChI=1S/C16H15N5OS/c1-11(15(22)18-13-5-3-2-4-6-13)23-16-19-14(20-21-16)12-7-9-17-10-8-12/h2-11H,1H3,(H,18,22)(H,19,20,21)/t11-/m1/s1. The molecule has 0 bridgehead atoms. The van der Waals surface area contributed by atoms with E-state index in [1.54, 1.807) is 12.4 Å². The Labute approximate surface area is 137 Å². The third-order valence-corrected chi connectivity index (χ3v) is 4.07. The van der Waals surface area contributed by atoms with Crippen LogP contribution in [0.2, 0.25) is 0 Å². The molecule has 0 aliphatic heterocycles. The monoisotopic (exact) mass is 325 g/mol. The molecule has 2 heterocycles. The number of aromatic amines is 1. The highest BCUT2D eigenvalue weighted by Gasteiger charge is 2.17. The quantitative estimate of drug-likeness (QED) is 0.705. The second kappa shape index (κ2) is 7.06. The molecule has 3 aromatic rings. The van der Waals surface area contributed by atoms with Gasteiger partial charge in [0.05, 0.1) is 5.25 Å². The fourth-order valence-electron chi connectivity index (χ4n) is 1.92. The van der Waals surface area contributed by atoms with Crippen molar-refractivity contribution in [3.8, 4) is 11.4 Å². The Morgan fingerprint density at radius 1 is 1.17 bits per heavy atom. The van der Waals surface area contributed by atoms with Crippen molar-refractivity contribution in [3.05, 3.63) is 54.9 Å². The predicted molar refractivity (Wildman–Crippen MR) is 90.0 cm³/mol. The predicted octanol–water partition coefficient (Wildman–Crippen LogP) is 2.99. The number of amides is 1. The molecular formula is C16H15N5OS. The average Bonchev–Trinajstić information content (AvgIpc) is 3.05. The number of hydrogen-bond donors (Lipinski definition) is 2. The number of hydrogen-bond acceptors (Lipinski definition) is 5. The zero-order valence-corrected chi connectivity index (χ0v) is 13.2. The first kappa shape index (κ1) is 15.2. The Morgan fingerprint density at radius 2 is 1.91 bits per heavy atom. The molecule has 6 nitrogen and oxygen atoms in total. The van der Waals surface area contributed by atoms with Gasteiger partial charge in [0, 0.05) is 23.6 Å². The van der Waals surface area contributed by atoms with Crippen molar-refractivity contribution >= 4 is 23.4 Å². The molecule has 0 unspecified atom stereocenters. The summed E-state index contributed by atoms with van der Waals surface area (Å²) in [4.78, 5) is 20.6. The molecule has 0 radical (unpaired) electrons. The number of carbonyl (C=O) groups excluding carboxylic acids is 1. The van der Waals surface area contributed by atoms with E-state index >= 15 is 0 Å². The van der Waals surface area contributed by atoms with Gasteiger partial charge < -0.3 is 5.32 Å². The van der Waals surface area contributed by atoms with Crippen LogP contribution in [-0.4, -0.2) is 31.3 Å². The fraction of sp³-hybridized carbons (Fsp3) is 0.125. The molecular weight excluding hydrogens is 310 g/mol. The topological polar surface area (TPSA) is 83.6 Å². The molecule has 7 heteroatoms. The summed E-state index contributed by atoms with van der Waals surface area (Å²) in [7, 11) is 0. The number of carbonyl (C=O) groups is 1. The van der Waals surface area contributed by atoms with Crippen molar-refractivity contribution in [1.29, 1.82) is 0 Å². The molecule has 0 saturated heterocycles. The summed E-state index contributed by atoms with van der Waals surface area (Å²) >= 11 is 1.31. The van der Waals surface area contributed by atoms with E-state index in [0.29, 0.717) is 11.0 Å². The van der Waals surface area contributed by atoms with Crippen molar-refractivity contribution < 1.29 is 4.79 Å². The molecule has 0 aliphatic rings. The second-order valence-electron chi connectivity index (χ2n) is 4.82. The lowest BCUT2D eigenvalue weighted by molar-refractivity contribution is -0.115. The molecule has 0 spiro atoms. The van der Waals surface area contributed by atoms with Gasteiger partial charge in [-0.15, -0.1) is 5.10 Å². The third kappa shape index (κ3) is 3.95. The molecule has 23 heavy (non-hydrogen) atoms. The van der Waals surface area contributed by atoms with E-state index < -0.39 is 0 Å². The minimum Gasteiger partial charge on any atom is -0.325 e. The Bertz CT molecular complexity index is 775. The number of benzene rings is 1. The van der Waals surface area contributed by atoms with Gasteiger partial charge >= 0.3 is 0 Å². The Balaban J connectivity index is 1.63. The van der Waals surface area contributed by atoms with Gasteiger partial charge in [0.2, 0.25) is 11.1 Å². The molecule has 0 saturated carbocycles. The van der Waals surface area contributed by atoms with Crippen molar-refractivity contribution in [2.24, 2.45) is 0 Å². The lowest BCUT2D eigenvalue weighted by atomic mass is 10.3. The molecule has 3 rings (SSSR count). The van der Waals surface area contributed by atoms with Gasteiger partial charge in [-0.05, 0) is 31.2 Å². The van der Waals surface area contributed by atoms with E-state index in [9.17, 15) is 4.79 Å². The maximum atomic E-state index is 12.2. The normalized spacial score (nSPS) is 11.9. The van der Waals surface area contributed by atoms with Crippen LogP contribution in [-0.2, 0) is 4.79 Å². The first-order valence-corrected chi connectivity index (χ1v) is 7.96. The molecule has 2 aromatic heterocycles. The maximum absolute atomic E-state index is 12.2. The SMILES string of the molecule is C[C@@H](Sc1n[nH]c(-c2ccncc2)n1)C(=O)Nc1ccccc1. The van der Waals surface area contributed by atoms with Crippen molar-refractivity contribution in [2.45, 2.75) is 17.3 Å². The third-order valence-electron chi connectivity index (χ3n) is 3.11. The van der Waals surface area contributed by atoms with E-state index in [1.807, 2.05) is 49.4 Å². The van der Waals surface area contributed by atoms with Crippen molar-refractivity contribution in [2.75, 3.05) is 5.32 Å². The van der Waals surface area contributed by atoms with Crippen LogP contribution in [0.5, 0.6) is 0 Å². The summed E-state index contributed by atoms with van der Waals surface area (Å²) in [6, 6.07) is 13.1. The van der Waals surface area contributed by atoms with Crippen molar-refractivity contribution in [3.63, 3.8) is 0 Å². The molecule has 1 aromatic carbocycles. The Kier molecular flexibility index (Phi) is 4.68. The van der Waals surface area contributed by atoms with Crippen LogP contribution in [0.4, 0.5) is 5.69 Å². The van der Waals surface area contributed by atoms with Crippen LogP contribution in [0.25, 0.3) is 11.4 Å². The van der Waals surface area contributed by atoms with Gasteiger partial charge in [-0.3, -0.25) is 14.9 Å². The Morgan fingerprint density at radius 3 is 2.65 bits per heavy atom. The molecule has 0 fully saturated rings. The number of rotatable bonds is 5. The number of para-hydroxylation sites is 1. The average molecular weight is 325 g/mol. The molecule has 1 amide bonds. The lowest BCUT2D eigenvalue weighted by Crippen LogP contribution is -2.22. The van der Waals surface area contributed by atoms with Crippen LogP contribution in [0.3, 0.4) is 0 Å². The lowest BCUT2D eigenvalue weighted by Gasteiger charge is -2.09. The molecule has 116 valence electrons. The van der Waals surface area contributed by atoms with Gasteiger partial charge in [0.15, 0.2) is 5.82 Å². The van der Waals surface area contributed by atoms with Gasteiger partial charge in [0.25, 0.3) is 0 Å². The fourth-order valence-corrected chi connectivity index (χ4v) is 2.64. The van der Waals surface area contributed by atoms with Gasteiger partial charge in [-0.25, -0.2) is 4.98 Å². The highest BCUT2D eigenvalue weighted by molar-refractivity contribution is 8.00. The van der Waals surface area contributed by atoms with Crippen molar-refractivity contribution in [1.82, 2.24) is 20.2 Å². The van der Waals surface area contributed by atoms with Crippen LogP contribution in [0.15, 0.2) is 60.0 Å². The number of thioether (sulfide) groups is 1. The highest BCUT2D eigenvalue weighted by Crippen LogP contribution is 2.23. The summed E-state index contributed by atoms with van der Waals surface area (Å²) in [5, 5.41) is 10.1. The van der Waals surface area contributed by atoms with Gasteiger partial charge in [0.1, 0.15) is 0 Å². The first-order valence-electron chi connectivity index (χ1n) is 7.08. The summed E-state index contributed by atoms with van der Waals surface area (Å²) in [6.45, 7) is 1.82. The van der Waals surface area contributed by atoms with Crippen LogP contribution >= 0.6 is 11.8 Å². The van der Waals surface area contributed by atoms with Gasteiger partial charge in [-0.1, -0.05) is 30.0 Å². The molecule has 1 atom stereocenters. The summed E-state index contributed by atoms with van der Waals surface area (Å²) < 4.78 is 0. The van der Waals surface area contributed by atoms with Crippen LogP contribution in [0, 0.1) is 0 Å². The minimum absolute atomic E-state index is 0.0866. The first-order chi connectivity index (χ1) is 11.2. The smallest absolute Gasteiger partial charge is 0.237 e. The van der Waals surface area contributed by atoms with Crippen LogP contribution in [0.1, 0.15) is 6.92 Å². The number of H-pyrrole nitrogens is 1. The zero-order chi connectivity index (χ0) is 16.1. The minimum atomic E-state index is -0.309. The van der Waals surface area contributed by atoms with E-state index in [1.165, 1.54) is 11.8 Å². The largest absolute Gasteiger partial charge is 0.325 e. The summed E-state index contributed by atoms with van der Waals surface area (Å²) in [5.74, 6) is 0.571. The maximum Gasteiger partial charge on any atom is 0.237 e. The Hall–Kier alpha value is -2.67. The van der Waals surface area contributed by atoms with Crippen LogP contribution < -0.4 is 5.32 Å². The number of anilines is 1. The second-order valence-corrected chi connectivity index (χ2v) is 6.13. The molecule has 0 aliphatic carbocycles. The number of aromatic nitrogens is 4. The van der Waals surface area contributed by atoms with E-state index in [-0.39, 0.29) is 11.2 Å². The van der Waals surface area contributed by atoms with Gasteiger partial charge in [-0.2, -0.15) is 0 Å². The van der Waals surface area contributed by atoms with E-state index in [2.05, 4.69) is 25.5 Å². The summed E-state index contributed by atoms with van der Waals surface area (Å²) in [6.07, 6.45) is 3.39. The number of pyridine rings is 1. The van der Waals surface area contributed by atoms with E-state index in [4.69, 9.17) is 0 Å².